The molecule has 0 spiro atoms. The molecule has 0 aliphatic heterocycles. The molecule has 2 fully saturated rings. The lowest BCUT2D eigenvalue weighted by Crippen LogP contribution is -2.28. The van der Waals surface area contributed by atoms with E-state index in [1.54, 1.807) is 12.2 Å². The zero-order valence-corrected chi connectivity index (χ0v) is 7.16. The van der Waals surface area contributed by atoms with Gasteiger partial charge in [-0.2, -0.15) is 0 Å². The van der Waals surface area contributed by atoms with E-state index >= 15 is 0 Å². The third kappa shape index (κ3) is 0.749. The van der Waals surface area contributed by atoms with Gasteiger partial charge in [-0.25, -0.2) is 8.78 Å². The highest BCUT2D eigenvalue weighted by atomic mass is 19.3. The van der Waals surface area contributed by atoms with Gasteiger partial charge in [0, 0.05) is 17.8 Å². The number of rotatable bonds is 0. The second kappa shape index (κ2) is 2.14. The zero-order chi connectivity index (χ0) is 9.22. The van der Waals surface area contributed by atoms with Gasteiger partial charge in [0.25, 0.3) is 5.92 Å². The van der Waals surface area contributed by atoms with E-state index in [1.165, 1.54) is 0 Å². The van der Waals surface area contributed by atoms with Crippen LogP contribution in [-0.2, 0) is 0 Å². The number of hydrogen-bond acceptors (Lipinski definition) is 1. The number of aliphatic hydroxyl groups excluding tert-OH is 1. The molecule has 1 N–H and O–H groups in total. The van der Waals surface area contributed by atoms with Gasteiger partial charge in [0.05, 0.1) is 6.10 Å². The molecule has 3 heteroatoms. The molecule has 3 aliphatic carbocycles. The first-order valence-electron chi connectivity index (χ1n) is 4.86. The van der Waals surface area contributed by atoms with Gasteiger partial charge >= 0.3 is 0 Å². The molecule has 0 aromatic carbocycles. The molecular weight excluding hydrogens is 174 g/mol. The number of alkyl halides is 2. The average molecular weight is 186 g/mol. The molecule has 0 saturated heterocycles. The summed E-state index contributed by atoms with van der Waals surface area (Å²) in [6.07, 6.45) is 4.26. The van der Waals surface area contributed by atoms with Gasteiger partial charge in [-0.1, -0.05) is 12.2 Å². The normalized spacial score (nSPS) is 55.8. The number of allylic oxidation sites excluding steroid dienone is 2. The van der Waals surface area contributed by atoms with Crippen LogP contribution in [-0.4, -0.2) is 17.1 Å². The van der Waals surface area contributed by atoms with Crippen LogP contribution in [0.2, 0.25) is 0 Å². The van der Waals surface area contributed by atoms with Crippen molar-refractivity contribution < 1.29 is 13.9 Å². The Balaban J connectivity index is 2.03. The van der Waals surface area contributed by atoms with Gasteiger partial charge in [0.15, 0.2) is 0 Å². The van der Waals surface area contributed by atoms with Crippen LogP contribution < -0.4 is 0 Å². The summed E-state index contributed by atoms with van der Waals surface area (Å²) >= 11 is 0. The highest BCUT2D eigenvalue weighted by Crippen LogP contribution is 2.62. The van der Waals surface area contributed by atoms with Crippen LogP contribution in [0.4, 0.5) is 8.78 Å². The van der Waals surface area contributed by atoms with Crippen LogP contribution in [0.15, 0.2) is 12.2 Å². The molecule has 1 unspecified atom stereocenters. The quantitative estimate of drug-likeness (QED) is 0.572. The maximum atomic E-state index is 13.5. The van der Waals surface area contributed by atoms with Crippen LogP contribution in [0.5, 0.6) is 0 Å². The monoisotopic (exact) mass is 186 g/mol. The fourth-order valence-corrected chi connectivity index (χ4v) is 3.49. The number of fused-ring (bicyclic) bond motifs is 5. The van der Waals surface area contributed by atoms with E-state index in [0.29, 0.717) is 6.42 Å². The summed E-state index contributed by atoms with van der Waals surface area (Å²) in [6.45, 7) is 0. The number of halogens is 2. The van der Waals surface area contributed by atoms with E-state index < -0.39 is 23.9 Å². The standard InChI is InChI=1S/C10H12F2O/c11-10(12)6-2-3-7(10)9-5(6)1-4-8(9)13/h2-3,5-9,13H,1,4H2/t5-,6-,7+,8?,9-/m0/s1. The van der Waals surface area contributed by atoms with Crippen LogP contribution >= 0.6 is 0 Å². The molecular formula is C10H12F2O. The number of hydrogen-bond donors (Lipinski definition) is 1. The van der Waals surface area contributed by atoms with Crippen LogP contribution in [0, 0.1) is 23.7 Å². The molecule has 2 bridgehead atoms. The summed E-state index contributed by atoms with van der Waals surface area (Å²) in [5.41, 5.74) is 0. The summed E-state index contributed by atoms with van der Waals surface area (Å²) in [5.74, 6) is -3.96. The first-order chi connectivity index (χ1) is 6.12. The Hall–Kier alpha value is -0.440. The van der Waals surface area contributed by atoms with Crippen molar-refractivity contribution in [3.63, 3.8) is 0 Å². The maximum Gasteiger partial charge on any atom is 0.261 e. The summed E-state index contributed by atoms with van der Waals surface area (Å²) in [4.78, 5) is 0. The van der Waals surface area contributed by atoms with Crippen molar-refractivity contribution in [2.24, 2.45) is 23.7 Å². The van der Waals surface area contributed by atoms with E-state index in [-0.39, 0.29) is 11.8 Å². The zero-order valence-electron chi connectivity index (χ0n) is 7.16. The van der Waals surface area contributed by atoms with Crippen molar-refractivity contribution in [2.45, 2.75) is 24.9 Å². The van der Waals surface area contributed by atoms with Crippen molar-refractivity contribution in [2.75, 3.05) is 0 Å². The van der Waals surface area contributed by atoms with Gasteiger partial charge in [-0.3, -0.25) is 0 Å². The van der Waals surface area contributed by atoms with Gasteiger partial charge in [0.1, 0.15) is 0 Å². The lowest BCUT2D eigenvalue weighted by atomic mass is 9.85. The average Bonchev–Trinajstić information content (AvgIpc) is 2.63. The van der Waals surface area contributed by atoms with Gasteiger partial charge in [0.2, 0.25) is 0 Å². The van der Waals surface area contributed by atoms with E-state index in [0.717, 1.165) is 6.42 Å². The molecule has 72 valence electrons. The predicted molar refractivity (Wildman–Crippen MR) is 43.3 cm³/mol. The summed E-state index contributed by atoms with van der Waals surface area (Å²) in [6, 6.07) is 0. The molecule has 5 atom stereocenters. The van der Waals surface area contributed by atoms with Crippen molar-refractivity contribution in [1.82, 2.24) is 0 Å². The van der Waals surface area contributed by atoms with E-state index in [9.17, 15) is 13.9 Å². The second-order valence-corrected chi connectivity index (χ2v) is 4.50. The summed E-state index contributed by atoms with van der Waals surface area (Å²) in [7, 11) is 0. The molecule has 1 nitrogen and oxygen atoms in total. The molecule has 0 radical (unpaired) electrons. The molecule has 0 heterocycles. The SMILES string of the molecule is OC1CC[C@@H]2[C@H]1[C@H]1C=C[C@@H]2C1(F)F. The largest absolute Gasteiger partial charge is 0.393 e. The first kappa shape index (κ1) is 7.92. The van der Waals surface area contributed by atoms with E-state index in [1.807, 2.05) is 0 Å². The van der Waals surface area contributed by atoms with Crippen molar-refractivity contribution >= 4 is 0 Å². The van der Waals surface area contributed by atoms with Gasteiger partial charge < -0.3 is 5.11 Å². The highest BCUT2D eigenvalue weighted by Gasteiger charge is 2.66. The smallest absolute Gasteiger partial charge is 0.261 e. The third-order valence-electron chi connectivity index (χ3n) is 4.03. The minimum Gasteiger partial charge on any atom is -0.393 e. The Morgan fingerprint density at radius 2 is 1.85 bits per heavy atom. The molecule has 0 amide bonds. The molecule has 0 aromatic heterocycles. The van der Waals surface area contributed by atoms with E-state index in [2.05, 4.69) is 0 Å². The lowest BCUT2D eigenvalue weighted by Gasteiger charge is -2.21. The second-order valence-electron chi connectivity index (χ2n) is 4.50. The Kier molecular flexibility index (Phi) is 1.30. The Morgan fingerprint density at radius 3 is 2.54 bits per heavy atom. The highest BCUT2D eigenvalue weighted by molar-refractivity contribution is 5.24. The Morgan fingerprint density at radius 1 is 1.15 bits per heavy atom. The first-order valence-corrected chi connectivity index (χ1v) is 4.86. The summed E-state index contributed by atoms with van der Waals surface area (Å²) < 4.78 is 27.0. The van der Waals surface area contributed by atoms with Gasteiger partial charge in [-0.15, -0.1) is 0 Å². The fourth-order valence-electron chi connectivity index (χ4n) is 3.49. The fraction of sp³-hybridized carbons (Fsp3) is 0.800. The van der Waals surface area contributed by atoms with Crippen molar-refractivity contribution in [3.05, 3.63) is 12.2 Å². The molecule has 2 saturated carbocycles. The topological polar surface area (TPSA) is 20.2 Å². The Bertz CT molecular complexity index is 274. The predicted octanol–water partition coefficient (Wildman–Crippen LogP) is 1.82. The van der Waals surface area contributed by atoms with Crippen LogP contribution in [0.1, 0.15) is 12.8 Å². The minimum absolute atomic E-state index is 0.0417. The van der Waals surface area contributed by atoms with Gasteiger partial charge in [-0.05, 0) is 18.8 Å². The molecule has 13 heavy (non-hydrogen) atoms. The lowest BCUT2D eigenvalue weighted by molar-refractivity contribution is -0.0545. The molecule has 3 aliphatic rings. The van der Waals surface area contributed by atoms with E-state index in [4.69, 9.17) is 0 Å². The van der Waals surface area contributed by atoms with Crippen molar-refractivity contribution in [1.29, 1.82) is 0 Å². The third-order valence-corrected chi connectivity index (χ3v) is 4.03. The molecule has 3 rings (SSSR count). The minimum atomic E-state index is -2.57. The number of aliphatic hydroxyl groups is 1. The van der Waals surface area contributed by atoms with Crippen molar-refractivity contribution in [3.8, 4) is 0 Å². The summed E-state index contributed by atoms with van der Waals surface area (Å²) in [5, 5.41) is 9.59. The van der Waals surface area contributed by atoms with Crippen LogP contribution in [0.3, 0.4) is 0 Å². The maximum absolute atomic E-state index is 13.5. The van der Waals surface area contributed by atoms with Crippen LogP contribution in [0.25, 0.3) is 0 Å². The Labute approximate surface area is 75.4 Å². The molecule has 0 aromatic rings.